The molecule has 1 aliphatic carbocycles. The van der Waals surface area contributed by atoms with Crippen LogP contribution in [-0.4, -0.2) is 29.8 Å². The minimum atomic E-state index is -0.453. The zero-order valence-electron chi connectivity index (χ0n) is 7.90. The van der Waals surface area contributed by atoms with Crippen LogP contribution >= 0.6 is 0 Å². The molecule has 3 atom stereocenters. The average Bonchev–Trinajstić information content (AvgIpc) is 2.10. The maximum Gasteiger partial charge on any atom is 0.308 e. The Morgan fingerprint density at radius 1 is 1.62 bits per heavy atom. The highest BCUT2D eigenvalue weighted by Crippen LogP contribution is 2.24. The Kier molecular flexibility index (Phi) is 3.69. The molecule has 0 saturated heterocycles. The van der Waals surface area contributed by atoms with Crippen molar-refractivity contribution < 1.29 is 14.6 Å². The molecule has 76 valence electrons. The van der Waals surface area contributed by atoms with Crippen LogP contribution in [0, 0.1) is 5.92 Å². The van der Waals surface area contributed by atoms with Crippen LogP contribution in [0.4, 0.5) is 0 Å². The Labute approximate surface area is 78.1 Å². The van der Waals surface area contributed by atoms with Crippen LogP contribution in [0.3, 0.4) is 0 Å². The van der Waals surface area contributed by atoms with Crippen molar-refractivity contribution in [3.63, 3.8) is 0 Å². The number of ether oxygens (including phenoxy) is 1. The lowest BCUT2D eigenvalue weighted by Crippen LogP contribution is -2.42. The Balaban J connectivity index is 2.40. The molecule has 0 aliphatic heterocycles. The molecule has 1 rings (SSSR count). The van der Waals surface area contributed by atoms with E-state index in [4.69, 9.17) is 10.5 Å². The van der Waals surface area contributed by atoms with Crippen LogP contribution in [0.15, 0.2) is 0 Å². The lowest BCUT2D eigenvalue weighted by atomic mass is 9.84. The van der Waals surface area contributed by atoms with Crippen molar-refractivity contribution in [3.8, 4) is 0 Å². The van der Waals surface area contributed by atoms with E-state index >= 15 is 0 Å². The van der Waals surface area contributed by atoms with Gasteiger partial charge in [-0.15, -0.1) is 0 Å². The summed E-state index contributed by atoms with van der Waals surface area (Å²) in [5, 5.41) is 9.33. The minimum Gasteiger partial charge on any atom is -0.466 e. The summed E-state index contributed by atoms with van der Waals surface area (Å²) in [6.07, 6.45) is 1.38. The number of nitrogens with two attached hydrogens (primary N) is 1. The fourth-order valence-electron chi connectivity index (χ4n) is 1.66. The van der Waals surface area contributed by atoms with Crippen molar-refractivity contribution in [1.29, 1.82) is 0 Å². The fraction of sp³-hybridized carbons (Fsp3) is 0.889. The minimum absolute atomic E-state index is 0.113. The Morgan fingerprint density at radius 2 is 2.31 bits per heavy atom. The van der Waals surface area contributed by atoms with Gasteiger partial charge in [-0.05, 0) is 26.2 Å². The summed E-state index contributed by atoms with van der Waals surface area (Å²) in [5.41, 5.74) is 5.64. The van der Waals surface area contributed by atoms with Crippen molar-refractivity contribution in [1.82, 2.24) is 0 Å². The van der Waals surface area contributed by atoms with Crippen molar-refractivity contribution in [2.75, 3.05) is 6.61 Å². The molecule has 1 saturated carbocycles. The first kappa shape index (κ1) is 10.5. The van der Waals surface area contributed by atoms with Crippen molar-refractivity contribution in [2.24, 2.45) is 11.7 Å². The number of carbonyl (C=O) groups excluding carboxylic acids is 1. The van der Waals surface area contributed by atoms with Gasteiger partial charge in [-0.1, -0.05) is 0 Å². The van der Waals surface area contributed by atoms with Gasteiger partial charge >= 0.3 is 5.97 Å². The Hall–Kier alpha value is -0.610. The van der Waals surface area contributed by atoms with E-state index in [2.05, 4.69) is 0 Å². The molecule has 13 heavy (non-hydrogen) atoms. The summed E-state index contributed by atoms with van der Waals surface area (Å²) in [5.74, 6) is -0.289. The van der Waals surface area contributed by atoms with E-state index in [1.807, 2.05) is 0 Å². The van der Waals surface area contributed by atoms with E-state index in [1.54, 1.807) is 6.92 Å². The lowest BCUT2D eigenvalue weighted by Gasteiger charge is -2.29. The molecule has 1 fully saturated rings. The average molecular weight is 187 g/mol. The summed E-state index contributed by atoms with van der Waals surface area (Å²) in [6, 6.07) is -0.275. The molecule has 0 unspecified atom stereocenters. The molecule has 4 heteroatoms. The largest absolute Gasteiger partial charge is 0.466 e. The molecule has 0 bridgehead atoms. The number of carbonyl (C=O) groups is 1. The SMILES string of the molecule is CCOC(=O)[C@H]1CC[C@@H](O)[C@H](N)C1. The Bertz CT molecular complexity index is 184. The second-order valence-corrected chi connectivity index (χ2v) is 3.49. The van der Waals surface area contributed by atoms with E-state index in [9.17, 15) is 9.90 Å². The number of esters is 1. The third-order valence-electron chi connectivity index (χ3n) is 2.48. The van der Waals surface area contributed by atoms with Gasteiger partial charge in [-0.2, -0.15) is 0 Å². The predicted octanol–water partition coefficient (Wildman–Crippen LogP) is 0.0378. The number of aliphatic hydroxyl groups is 1. The number of aliphatic hydroxyl groups excluding tert-OH is 1. The predicted molar refractivity (Wildman–Crippen MR) is 48.0 cm³/mol. The van der Waals surface area contributed by atoms with Crippen LogP contribution in [0.2, 0.25) is 0 Å². The monoisotopic (exact) mass is 187 g/mol. The van der Waals surface area contributed by atoms with Gasteiger partial charge < -0.3 is 15.6 Å². The highest BCUT2D eigenvalue weighted by molar-refractivity contribution is 5.72. The van der Waals surface area contributed by atoms with E-state index in [0.29, 0.717) is 25.9 Å². The summed E-state index contributed by atoms with van der Waals surface area (Å²) in [4.78, 5) is 11.3. The van der Waals surface area contributed by atoms with Gasteiger partial charge in [0.05, 0.1) is 18.6 Å². The topological polar surface area (TPSA) is 72.5 Å². The number of rotatable bonds is 2. The molecule has 0 spiro atoms. The first-order valence-electron chi connectivity index (χ1n) is 4.75. The molecule has 0 amide bonds. The van der Waals surface area contributed by atoms with Gasteiger partial charge in [0.2, 0.25) is 0 Å². The van der Waals surface area contributed by atoms with Gasteiger partial charge in [-0.25, -0.2) is 0 Å². The van der Waals surface area contributed by atoms with Crippen LogP contribution in [0.25, 0.3) is 0 Å². The van der Waals surface area contributed by atoms with Crippen LogP contribution in [-0.2, 0) is 9.53 Å². The standard InChI is InChI=1S/C9H17NO3/c1-2-13-9(12)6-3-4-8(11)7(10)5-6/h6-8,11H,2-5,10H2,1H3/t6-,7+,8+/m0/s1. The molecule has 0 aromatic rings. The maximum atomic E-state index is 11.3. The molecular formula is C9H17NO3. The zero-order chi connectivity index (χ0) is 9.84. The van der Waals surface area contributed by atoms with Gasteiger partial charge in [0.15, 0.2) is 0 Å². The second-order valence-electron chi connectivity index (χ2n) is 3.49. The third-order valence-corrected chi connectivity index (χ3v) is 2.48. The van der Waals surface area contributed by atoms with Crippen molar-refractivity contribution in [3.05, 3.63) is 0 Å². The van der Waals surface area contributed by atoms with Crippen molar-refractivity contribution in [2.45, 2.75) is 38.3 Å². The molecular weight excluding hydrogens is 170 g/mol. The van der Waals surface area contributed by atoms with E-state index < -0.39 is 6.10 Å². The normalized spacial score (nSPS) is 34.2. The van der Waals surface area contributed by atoms with Crippen molar-refractivity contribution >= 4 is 5.97 Å². The highest BCUT2D eigenvalue weighted by Gasteiger charge is 2.31. The summed E-state index contributed by atoms with van der Waals surface area (Å²) in [7, 11) is 0. The third kappa shape index (κ3) is 2.67. The summed E-state index contributed by atoms with van der Waals surface area (Å²) < 4.78 is 4.89. The molecule has 3 N–H and O–H groups in total. The number of hydrogen-bond donors (Lipinski definition) is 2. The molecule has 0 radical (unpaired) electrons. The zero-order valence-corrected chi connectivity index (χ0v) is 7.90. The second kappa shape index (κ2) is 4.58. The molecule has 0 aromatic carbocycles. The molecule has 1 aliphatic rings. The Morgan fingerprint density at radius 3 is 2.85 bits per heavy atom. The molecule has 4 nitrogen and oxygen atoms in total. The molecule has 0 heterocycles. The summed E-state index contributed by atoms with van der Waals surface area (Å²) in [6.45, 7) is 2.20. The van der Waals surface area contributed by atoms with E-state index in [0.717, 1.165) is 0 Å². The van der Waals surface area contributed by atoms with E-state index in [-0.39, 0.29) is 17.9 Å². The summed E-state index contributed by atoms with van der Waals surface area (Å²) >= 11 is 0. The quantitative estimate of drug-likeness (QED) is 0.598. The van der Waals surface area contributed by atoms with E-state index in [1.165, 1.54) is 0 Å². The van der Waals surface area contributed by atoms with Gasteiger partial charge in [0.25, 0.3) is 0 Å². The van der Waals surface area contributed by atoms with Gasteiger partial charge in [0.1, 0.15) is 0 Å². The van der Waals surface area contributed by atoms with Gasteiger partial charge in [-0.3, -0.25) is 4.79 Å². The fourth-order valence-corrected chi connectivity index (χ4v) is 1.66. The first-order chi connectivity index (χ1) is 6.15. The van der Waals surface area contributed by atoms with Crippen LogP contribution < -0.4 is 5.73 Å². The first-order valence-corrected chi connectivity index (χ1v) is 4.75. The maximum absolute atomic E-state index is 11.3. The smallest absolute Gasteiger partial charge is 0.308 e. The van der Waals surface area contributed by atoms with Crippen LogP contribution in [0.1, 0.15) is 26.2 Å². The number of hydrogen-bond acceptors (Lipinski definition) is 4. The highest BCUT2D eigenvalue weighted by atomic mass is 16.5. The van der Waals surface area contributed by atoms with Crippen LogP contribution in [0.5, 0.6) is 0 Å². The lowest BCUT2D eigenvalue weighted by molar-refractivity contribution is -0.150. The molecule has 0 aromatic heterocycles. The van der Waals surface area contributed by atoms with Gasteiger partial charge in [0, 0.05) is 6.04 Å².